The van der Waals surface area contributed by atoms with Crippen molar-refractivity contribution >= 4 is 15.9 Å². The van der Waals surface area contributed by atoms with Gasteiger partial charge in [0.05, 0.1) is 6.54 Å². The van der Waals surface area contributed by atoms with Crippen LogP contribution in [-0.4, -0.2) is 30.3 Å². The molecule has 2 aromatic rings. The lowest BCUT2D eigenvalue weighted by molar-refractivity contribution is -0.129. The highest BCUT2D eigenvalue weighted by Gasteiger charge is 2.35. The molecule has 1 atom stereocenters. The summed E-state index contributed by atoms with van der Waals surface area (Å²) < 4.78 is 31.5. The molecule has 2 rings (SSSR count). The van der Waals surface area contributed by atoms with Gasteiger partial charge in [-0.1, -0.05) is 48.3 Å². The molecule has 0 spiro atoms. The number of terminal acetylenes is 1. The van der Waals surface area contributed by atoms with Gasteiger partial charge < -0.3 is 4.52 Å². The summed E-state index contributed by atoms with van der Waals surface area (Å²) in [5.41, 5.74) is 1.14. The van der Waals surface area contributed by atoms with E-state index in [9.17, 15) is 13.2 Å². The number of hydrogen-bond donors (Lipinski definition) is 0. The number of carbonyl (C=O) groups is 1. The minimum absolute atomic E-state index is 0.108. The molecule has 0 N–H and O–H groups in total. The van der Waals surface area contributed by atoms with Crippen molar-refractivity contribution in [1.82, 2.24) is 9.46 Å². The summed E-state index contributed by atoms with van der Waals surface area (Å²) in [6.07, 6.45) is 5.71. The molecule has 0 saturated heterocycles. The topological polar surface area (TPSA) is 80.5 Å². The van der Waals surface area contributed by atoms with Crippen molar-refractivity contribution in [1.29, 1.82) is 0 Å². The van der Waals surface area contributed by atoms with E-state index >= 15 is 0 Å². The summed E-state index contributed by atoms with van der Waals surface area (Å²) in [6, 6.07) is 9.39. The monoisotopic (exact) mass is 360 g/mol. The smallest absolute Gasteiger partial charge is 0.272 e. The molecule has 7 heteroatoms. The van der Waals surface area contributed by atoms with Crippen LogP contribution in [0.5, 0.6) is 0 Å². The summed E-state index contributed by atoms with van der Waals surface area (Å²) in [5, 5.41) is 3.65. The van der Waals surface area contributed by atoms with Crippen LogP contribution in [-0.2, 0) is 21.2 Å². The zero-order chi connectivity index (χ0) is 18.6. The van der Waals surface area contributed by atoms with Crippen molar-refractivity contribution in [2.24, 2.45) is 5.92 Å². The van der Waals surface area contributed by atoms with E-state index in [2.05, 4.69) is 11.1 Å². The van der Waals surface area contributed by atoms with E-state index in [1.165, 1.54) is 13.8 Å². The van der Waals surface area contributed by atoms with Crippen LogP contribution in [0.4, 0.5) is 0 Å². The lowest BCUT2D eigenvalue weighted by Crippen LogP contribution is -2.41. The molecule has 0 aliphatic heterocycles. The van der Waals surface area contributed by atoms with E-state index in [-0.39, 0.29) is 22.9 Å². The van der Waals surface area contributed by atoms with Crippen LogP contribution in [0.2, 0.25) is 0 Å². The van der Waals surface area contributed by atoms with Crippen molar-refractivity contribution in [3.05, 3.63) is 47.3 Å². The first-order valence-electron chi connectivity index (χ1n) is 7.76. The third kappa shape index (κ3) is 3.91. The van der Waals surface area contributed by atoms with Gasteiger partial charge >= 0.3 is 0 Å². The highest BCUT2D eigenvalue weighted by Crippen LogP contribution is 2.25. The second-order valence-corrected chi connectivity index (χ2v) is 7.60. The van der Waals surface area contributed by atoms with Crippen LogP contribution in [0.1, 0.15) is 23.9 Å². The van der Waals surface area contributed by atoms with E-state index < -0.39 is 21.8 Å². The van der Waals surface area contributed by atoms with Crippen LogP contribution in [0.25, 0.3) is 0 Å². The SMILES string of the molecule is C#CCN(C(=O)C(C)Cc1ccccc1)S(=O)(=O)c1c(C)noc1C. The van der Waals surface area contributed by atoms with Crippen molar-refractivity contribution < 1.29 is 17.7 Å². The number of sulfonamides is 1. The summed E-state index contributed by atoms with van der Waals surface area (Å²) >= 11 is 0. The summed E-state index contributed by atoms with van der Waals surface area (Å²) in [4.78, 5) is 12.7. The Morgan fingerprint density at radius 1 is 1.32 bits per heavy atom. The third-order valence-corrected chi connectivity index (χ3v) is 5.79. The number of nitrogens with zero attached hydrogens (tertiary/aromatic N) is 2. The lowest BCUT2D eigenvalue weighted by atomic mass is 10.0. The molecule has 6 nitrogen and oxygen atoms in total. The first-order valence-corrected chi connectivity index (χ1v) is 9.20. The van der Waals surface area contributed by atoms with Crippen LogP contribution < -0.4 is 0 Å². The van der Waals surface area contributed by atoms with Gasteiger partial charge in [0.1, 0.15) is 5.69 Å². The van der Waals surface area contributed by atoms with Gasteiger partial charge in [0, 0.05) is 5.92 Å². The number of carbonyl (C=O) groups excluding carboxylic acids is 1. The first-order chi connectivity index (χ1) is 11.8. The Morgan fingerprint density at radius 3 is 2.48 bits per heavy atom. The van der Waals surface area contributed by atoms with Crippen LogP contribution in [0.3, 0.4) is 0 Å². The van der Waals surface area contributed by atoms with Crippen molar-refractivity contribution in [3.63, 3.8) is 0 Å². The molecule has 1 unspecified atom stereocenters. The fourth-order valence-corrected chi connectivity index (χ4v) is 4.31. The second-order valence-electron chi connectivity index (χ2n) is 5.80. The number of benzene rings is 1. The standard InChI is InChI=1S/C18H20N2O4S/c1-5-11-20(25(22,23)17-14(3)19-24-15(17)4)18(21)13(2)12-16-9-7-6-8-10-16/h1,6-10,13H,11-12H2,2-4H3. The van der Waals surface area contributed by atoms with E-state index in [0.29, 0.717) is 6.42 Å². The summed E-state index contributed by atoms with van der Waals surface area (Å²) in [5.74, 6) is 1.27. The van der Waals surface area contributed by atoms with Crippen molar-refractivity contribution in [2.75, 3.05) is 6.54 Å². The molecule has 0 fully saturated rings. The third-order valence-electron chi connectivity index (χ3n) is 3.80. The van der Waals surface area contributed by atoms with Crippen LogP contribution in [0, 0.1) is 32.1 Å². The Hall–Kier alpha value is -2.59. The molecule has 25 heavy (non-hydrogen) atoms. The predicted octanol–water partition coefficient (Wildman–Crippen LogP) is 2.32. The Morgan fingerprint density at radius 2 is 1.96 bits per heavy atom. The molecule has 0 aliphatic carbocycles. The van der Waals surface area contributed by atoms with E-state index in [0.717, 1.165) is 9.87 Å². The van der Waals surface area contributed by atoms with Gasteiger partial charge in [0.25, 0.3) is 10.0 Å². The average Bonchev–Trinajstić information content (AvgIpc) is 2.92. The van der Waals surface area contributed by atoms with Gasteiger partial charge in [0.15, 0.2) is 10.7 Å². The molecule has 1 aromatic carbocycles. The molecule has 1 heterocycles. The molecular weight excluding hydrogens is 340 g/mol. The number of amides is 1. The highest BCUT2D eigenvalue weighted by molar-refractivity contribution is 7.89. The highest BCUT2D eigenvalue weighted by atomic mass is 32.2. The normalized spacial score (nSPS) is 12.4. The zero-order valence-corrected chi connectivity index (χ0v) is 15.2. The maximum absolute atomic E-state index is 12.9. The Kier molecular flexibility index (Phi) is 5.65. The number of rotatable bonds is 6. The van der Waals surface area contributed by atoms with Gasteiger partial charge in [-0.15, -0.1) is 6.42 Å². The Labute approximate surface area is 147 Å². The molecule has 0 bridgehead atoms. The maximum atomic E-state index is 12.9. The molecule has 1 amide bonds. The fourth-order valence-electron chi connectivity index (χ4n) is 2.62. The maximum Gasteiger partial charge on any atom is 0.272 e. The van der Waals surface area contributed by atoms with Gasteiger partial charge in [-0.2, -0.15) is 0 Å². The minimum atomic E-state index is -4.13. The second kappa shape index (κ2) is 7.53. The summed E-state index contributed by atoms with van der Waals surface area (Å²) in [6.45, 7) is 4.33. The van der Waals surface area contributed by atoms with E-state index in [4.69, 9.17) is 10.9 Å². The van der Waals surface area contributed by atoms with E-state index in [1.807, 2.05) is 30.3 Å². The van der Waals surface area contributed by atoms with E-state index in [1.54, 1.807) is 6.92 Å². The average molecular weight is 360 g/mol. The fraction of sp³-hybridized carbons (Fsp3) is 0.333. The lowest BCUT2D eigenvalue weighted by Gasteiger charge is -2.23. The molecule has 132 valence electrons. The Balaban J connectivity index is 2.34. The number of aryl methyl sites for hydroxylation is 2. The van der Waals surface area contributed by atoms with Crippen molar-refractivity contribution in [3.8, 4) is 12.3 Å². The van der Waals surface area contributed by atoms with Crippen LogP contribution in [0.15, 0.2) is 39.8 Å². The molecule has 1 aromatic heterocycles. The zero-order valence-electron chi connectivity index (χ0n) is 14.4. The molecule has 0 aliphatic rings. The van der Waals surface area contributed by atoms with Crippen molar-refractivity contribution in [2.45, 2.75) is 32.1 Å². The summed E-state index contributed by atoms with van der Waals surface area (Å²) in [7, 11) is -4.13. The molecule has 0 saturated carbocycles. The first kappa shape index (κ1) is 18.7. The van der Waals surface area contributed by atoms with Gasteiger partial charge in [0.2, 0.25) is 5.91 Å². The Bertz CT molecular complexity index is 875. The van der Waals surface area contributed by atoms with Crippen LogP contribution >= 0.6 is 0 Å². The molecular formula is C18H20N2O4S. The minimum Gasteiger partial charge on any atom is -0.360 e. The van der Waals surface area contributed by atoms with Gasteiger partial charge in [-0.25, -0.2) is 12.7 Å². The number of hydrogen-bond acceptors (Lipinski definition) is 5. The molecule has 0 radical (unpaired) electrons. The largest absolute Gasteiger partial charge is 0.360 e. The van der Waals surface area contributed by atoms with Gasteiger partial charge in [-0.05, 0) is 25.8 Å². The predicted molar refractivity (Wildman–Crippen MR) is 93.0 cm³/mol. The van der Waals surface area contributed by atoms with Gasteiger partial charge in [-0.3, -0.25) is 4.79 Å². The number of aromatic nitrogens is 1. The quantitative estimate of drug-likeness (QED) is 0.739.